The van der Waals surface area contributed by atoms with Gasteiger partial charge in [0.05, 0.1) is 6.61 Å². The second kappa shape index (κ2) is 5.27. The molecular weight excluding hydrogens is 156 g/mol. The zero-order chi connectivity index (χ0) is 8.81. The van der Waals surface area contributed by atoms with Crippen LogP contribution < -0.4 is 0 Å². The molecule has 1 heterocycles. The van der Waals surface area contributed by atoms with Crippen molar-refractivity contribution in [2.24, 2.45) is 5.92 Å². The summed E-state index contributed by atoms with van der Waals surface area (Å²) in [5.74, 6) is 0.356. The lowest BCUT2D eigenvalue weighted by Crippen LogP contribution is -2.25. The molecule has 3 nitrogen and oxygen atoms in total. The molecule has 0 bridgehead atoms. The first-order valence-corrected chi connectivity index (χ1v) is 4.56. The largest absolute Gasteiger partial charge is 0.396 e. The summed E-state index contributed by atoms with van der Waals surface area (Å²) in [6, 6.07) is 0. The minimum Gasteiger partial charge on any atom is -0.396 e. The molecule has 1 rings (SSSR count). The van der Waals surface area contributed by atoms with Crippen molar-refractivity contribution in [3.05, 3.63) is 0 Å². The van der Waals surface area contributed by atoms with Crippen LogP contribution in [0.25, 0.3) is 0 Å². The highest BCUT2D eigenvalue weighted by Gasteiger charge is 2.20. The average Bonchev–Trinajstić information content (AvgIpc) is 2.15. The minimum absolute atomic E-state index is 0.102. The van der Waals surface area contributed by atoms with Gasteiger partial charge in [0.1, 0.15) is 5.78 Å². The molecule has 1 unspecified atom stereocenters. The van der Waals surface area contributed by atoms with Crippen molar-refractivity contribution in [3.63, 3.8) is 0 Å². The predicted molar refractivity (Wildman–Crippen MR) is 44.9 cm³/mol. The molecule has 3 heteroatoms. The van der Waals surface area contributed by atoms with Gasteiger partial charge in [0, 0.05) is 25.6 Å². The number of ketones is 1. The van der Waals surface area contributed by atoms with Crippen molar-refractivity contribution < 1.29 is 14.6 Å². The Morgan fingerprint density at radius 1 is 1.58 bits per heavy atom. The number of carbonyl (C=O) groups excluding carboxylic acids is 1. The van der Waals surface area contributed by atoms with Crippen LogP contribution in [0.15, 0.2) is 0 Å². The number of hydrogen-bond acceptors (Lipinski definition) is 3. The second-order valence-corrected chi connectivity index (χ2v) is 3.21. The van der Waals surface area contributed by atoms with Crippen LogP contribution >= 0.6 is 0 Å². The molecule has 1 N–H and O–H groups in total. The fraction of sp³-hybridized carbons (Fsp3) is 0.889. The van der Waals surface area contributed by atoms with Crippen LogP contribution in [0, 0.1) is 5.92 Å². The van der Waals surface area contributed by atoms with E-state index < -0.39 is 0 Å². The summed E-state index contributed by atoms with van der Waals surface area (Å²) >= 11 is 0. The summed E-state index contributed by atoms with van der Waals surface area (Å²) in [6.07, 6.45) is 3.06. The molecule has 0 amide bonds. The van der Waals surface area contributed by atoms with Crippen molar-refractivity contribution in [2.45, 2.75) is 25.7 Å². The van der Waals surface area contributed by atoms with E-state index in [1.165, 1.54) is 0 Å². The van der Waals surface area contributed by atoms with E-state index in [4.69, 9.17) is 9.84 Å². The Kier molecular flexibility index (Phi) is 4.25. The molecule has 1 saturated heterocycles. The monoisotopic (exact) mass is 172 g/mol. The highest BCUT2D eigenvalue weighted by atomic mass is 16.5. The molecule has 0 aromatic rings. The van der Waals surface area contributed by atoms with Gasteiger partial charge in [0.15, 0.2) is 0 Å². The average molecular weight is 172 g/mol. The maximum absolute atomic E-state index is 11.4. The van der Waals surface area contributed by atoms with E-state index in [1.807, 2.05) is 0 Å². The number of carbonyl (C=O) groups is 1. The van der Waals surface area contributed by atoms with Gasteiger partial charge in [0.2, 0.25) is 0 Å². The van der Waals surface area contributed by atoms with E-state index in [2.05, 4.69) is 0 Å². The summed E-state index contributed by atoms with van der Waals surface area (Å²) in [7, 11) is 0. The van der Waals surface area contributed by atoms with Crippen LogP contribution in [0.4, 0.5) is 0 Å². The minimum atomic E-state index is 0.102. The fourth-order valence-corrected chi connectivity index (χ4v) is 1.45. The Hall–Kier alpha value is -0.410. The number of aliphatic hydroxyl groups excluding tert-OH is 1. The number of aliphatic hydroxyl groups is 1. The fourth-order valence-electron chi connectivity index (χ4n) is 1.45. The summed E-state index contributed by atoms with van der Waals surface area (Å²) in [6.45, 7) is 1.49. The predicted octanol–water partition coefficient (Wildman–Crippen LogP) is 0.755. The normalized spacial score (nSPS) is 23.9. The summed E-state index contributed by atoms with van der Waals surface area (Å²) in [4.78, 5) is 11.4. The van der Waals surface area contributed by atoms with Gasteiger partial charge >= 0.3 is 0 Å². The van der Waals surface area contributed by atoms with Gasteiger partial charge in [-0.15, -0.1) is 0 Å². The van der Waals surface area contributed by atoms with Gasteiger partial charge in [-0.25, -0.2) is 0 Å². The standard InChI is InChI=1S/C9H16O3/c10-5-1-4-9(11)8-3-2-6-12-7-8/h8,10H,1-7H2. The first-order valence-electron chi connectivity index (χ1n) is 4.56. The molecule has 0 saturated carbocycles. The van der Waals surface area contributed by atoms with Crippen LogP contribution in [-0.2, 0) is 9.53 Å². The zero-order valence-corrected chi connectivity index (χ0v) is 7.29. The first kappa shape index (κ1) is 9.68. The Morgan fingerprint density at radius 2 is 2.42 bits per heavy atom. The number of Topliss-reactive ketones (excluding diaryl/α,β-unsaturated/α-hetero) is 1. The van der Waals surface area contributed by atoms with Crippen LogP contribution in [-0.4, -0.2) is 30.7 Å². The van der Waals surface area contributed by atoms with E-state index in [-0.39, 0.29) is 18.3 Å². The zero-order valence-electron chi connectivity index (χ0n) is 7.29. The quantitative estimate of drug-likeness (QED) is 0.680. The van der Waals surface area contributed by atoms with Gasteiger partial charge in [0.25, 0.3) is 0 Å². The van der Waals surface area contributed by atoms with E-state index in [9.17, 15) is 4.79 Å². The molecule has 1 aliphatic heterocycles. The molecule has 0 aromatic carbocycles. The smallest absolute Gasteiger partial charge is 0.138 e. The van der Waals surface area contributed by atoms with Crippen LogP contribution in [0.5, 0.6) is 0 Å². The van der Waals surface area contributed by atoms with Gasteiger partial charge in [-0.2, -0.15) is 0 Å². The summed E-state index contributed by atoms with van der Waals surface area (Å²) in [5.41, 5.74) is 0. The van der Waals surface area contributed by atoms with Crippen molar-refractivity contribution >= 4 is 5.78 Å². The third kappa shape index (κ3) is 2.91. The lowest BCUT2D eigenvalue weighted by atomic mass is 9.95. The van der Waals surface area contributed by atoms with Crippen molar-refractivity contribution in [3.8, 4) is 0 Å². The molecule has 0 aliphatic carbocycles. The summed E-state index contributed by atoms with van der Waals surface area (Å²) < 4.78 is 5.20. The molecular formula is C9H16O3. The van der Waals surface area contributed by atoms with Gasteiger partial charge in [-0.3, -0.25) is 4.79 Å². The van der Waals surface area contributed by atoms with Crippen molar-refractivity contribution in [1.29, 1.82) is 0 Å². The maximum atomic E-state index is 11.4. The van der Waals surface area contributed by atoms with Crippen LogP contribution in [0.2, 0.25) is 0 Å². The Morgan fingerprint density at radius 3 is 3.00 bits per heavy atom. The highest BCUT2D eigenvalue weighted by molar-refractivity contribution is 5.81. The van der Waals surface area contributed by atoms with Crippen LogP contribution in [0.3, 0.4) is 0 Å². The van der Waals surface area contributed by atoms with Crippen LogP contribution in [0.1, 0.15) is 25.7 Å². The van der Waals surface area contributed by atoms with Gasteiger partial charge in [-0.1, -0.05) is 0 Å². The Labute approximate surface area is 72.7 Å². The van der Waals surface area contributed by atoms with Crippen molar-refractivity contribution in [1.82, 2.24) is 0 Å². The Balaban J connectivity index is 2.20. The molecule has 0 spiro atoms. The van der Waals surface area contributed by atoms with E-state index in [0.717, 1.165) is 19.4 Å². The molecule has 1 aliphatic rings. The third-order valence-electron chi connectivity index (χ3n) is 2.20. The van der Waals surface area contributed by atoms with Gasteiger partial charge < -0.3 is 9.84 Å². The Bertz CT molecular complexity index is 139. The lowest BCUT2D eigenvalue weighted by molar-refractivity contribution is -0.127. The van der Waals surface area contributed by atoms with E-state index in [1.54, 1.807) is 0 Å². The van der Waals surface area contributed by atoms with Crippen molar-refractivity contribution in [2.75, 3.05) is 19.8 Å². The second-order valence-electron chi connectivity index (χ2n) is 3.21. The third-order valence-corrected chi connectivity index (χ3v) is 2.20. The SMILES string of the molecule is O=C(CCCO)C1CCCOC1. The summed E-state index contributed by atoms with van der Waals surface area (Å²) in [5, 5.41) is 8.53. The number of rotatable bonds is 4. The topological polar surface area (TPSA) is 46.5 Å². The molecule has 1 atom stereocenters. The lowest BCUT2D eigenvalue weighted by Gasteiger charge is -2.20. The molecule has 0 aromatic heterocycles. The molecule has 70 valence electrons. The maximum Gasteiger partial charge on any atom is 0.138 e. The number of ether oxygens (including phenoxy) is 1. The molecule has 0 radical (unpaired) electrons. The van der Waals surface area contributed by atoms with E-state index >= 15 is 0 Å². The van der Waals surface area contributed by atoms with E-state index in [0.29, 0.717) is 19.4 Å². The number of hydrogen-bond donors (Lipinski definition) is 1. The first-order chi connectivity index (χ1) is 5.84. The molecule has 1 fully saturated rings. The molecule has 12 heavy (non-hydrogen) atoms. The highest BCUT2D eigenvalue weighted by Crippen LogP contribution is 2.16. The van der Waals surface area contributed by atoms with Gasteiger partial charge in [-0.05, 0) is 19.3 Å².